The van der Waals surface area contributed by atoms with Gasteiger partial charge in [-0.2, -0.15) is 0 Å². The van der Waals surface area contributed by atoms with Gasteiger partial charge in [0.25, 0.3) is 0 Å². The van der Waals surface area contributed by atoms with E-state index in [1.165, 1.54) is 0 Å². The Balaban J connectivity index is 2.52. The molecule has 2 aromatic rings. The van der Waals surface area contributed by atoms with Crippen molar-refractivity contribution in [2.24, 2.45) is 0 Å². The quantitative estimate of drug-likeness (QED) is 0.877. The van der Waals surface area contributed by atoms with E-state index in [0.29, 0.717) is 24.3 Å². The van der Waals surface area contributed by atoms with Gasteiger partial charge >= 0.3 is 5.97 Å². The Morgan fingerprint density at radius 1 is 1.24 bits per heavy atom. The van der Waals surface area contributed by atoms with Crippen LogP contribution >= 0.6 is 0 Å². The number of anilines is 1. The highest BCUT2D eigenvalue weighted by molar-refractivity contribution is 6.03. The fraction of sp³-hybridized carbons (Fsp3) is 0.312. The second-order valence-corrected chi connectivity index (χ2v) is 4.67. The van der Waals surface area contributed by atoms with Crippen molar-refractivity contribution in [1.29, 1.82) is 0 Å². The van der Waals surface area contributed by atoms with Gasteiger partial charge in [-0.05, 0) is 38.1 Å². The zero-order chi connectivity index (χ0) is 15.4. The molecule has 5 heteroatoms. The summed E-state index contributed by atoms with van der Waals surface area (Å²) in [6.07, 6.45) is 0.389. The molecule has 0 spiro atoms. The van der Waals surface area contributed by atoms with Gasteiger partial charge in [0, 0.05) is 17.5 Å². The highest BCUT2D eigenvalue weighted by atomic mass is 16.5. The summed E-state index contributed by atoms with van der Waals surface area (Å²) in [7, 11) is 0. The molecule has 0 saturated heterocycles. The number of benzene rings is 1. The zero-order valence-electron chi connectivity index (χ0n) is 12.4. The summed E-state index contributed by atoms with van der Waals surface area (Å²) >= 11 is 0. The highest BCUT2D eigenvalue weighted by Gasteiger charge is 2.11. The normalized spacial score (nSPS) is 10.4. The van der Waals surface area contributed by atoms with Crippen molar-refractivity contribution in [3.8, 4) is 0 Å². The standard InChI is InChI=1S/C16H18N2O3/c1-4-15(19)18-14-8-10(3)17-13-7-6-11(9-12(13)14)16(20)21-5-2/h6-9H,4-5H2,1-3H3,(H,17,18,19). The van der Waals surface area contributed by atoms with Gasteiger partial charge in [-0.1, -0.05) is 6.92 Å². The van der Waals surface area contributed by atoms with Crippen LogP contribution in [0.3, 0.4) is 0 Å². The minimum atomic E-state index is -0.382. The molecule has 110 valence electrons. The fourth-order valence-corrected chi connectivity index (χ4v) is 2.04. The van der Waals surface area contributed by atoms with Crippen LogP contribution in [0.25, 0.3) is 10.9 Å². The Labute approximate surface area is 123 Å². The number of aromatic nitrogens is 1. The van der Waals surface area contributed by atoms with E-state index >= 15 is 0 Å². The fourth-order valence-electron chi connectivity index (χ4n) is 2.04. The third kappa shape index (κ3) is 3.37. The predicted molar refractivity (Wildman–Crippen MR) is 81.4 cm³/mol. The first-order chi connectivity index (χ1) is 10.0. The molecule has 1 N–H and O–H groups in total. The molecule has 1 aromatic heterocycles. The number of aryl methyl sites for hydroxylation is 1. The number of amides is 1. The molecule has 2 rings (SSSR count). The van der Waals surface area contributed by atoms with Gasteiger partial charge in [0.15, 0.2) is 0 Å². The first-order valence-electron chi connectivity index (χ1n) is 6.93. The first-order valence-corrected chi connectivity index (χ1v) is 6.93. The van der Waals surface area contributed by atoms with E-state index in [-0.39, 0.29) is 11.9 Å². The van der Waals surface area contributed by atoms with Crippen molar-refractivity contribution in [3.63, 3.8) is 0 Å². The molecule has 21 heavy (non-hydrogen) atoms. The summed E-state index contributed by atoms with van der Waals surface area (Å²) in [4.78, 5) is 27.9. The van der Waals surface area contributed by atoms with Crippen molar-refractivity contribution in [2.45, 2.75) is 27.2 Å². The summed E-state index contributed by atoms with van der Waals surface area (Å²) in [5.74, 6) is -0.462. The monoisotopic (exact) mass is 286 g/mol. The minimum Gasteiger partial charge on any atom is -0.462 e. The van der Waals surface area contributed by atoms with Crippen LogP contribution < -0.4 is 5.32 Å². The average molecular weight is 286 g/mol. The lowest BCUT2D eigenvalue weighted by Gasteiger charge is -2.10. The number of rotatable bonds is 4. The van der Waals surface area contributed by atoms with Crippen LogP contribution in [0.1, 0.15) is 36.3 Å². The van der Waals surface area contributed by atoms with Crippen LogP contribution in [0.2, 0.25) is 0 Å². The van der Waals surface area contributed by atoms with Gasteiger partial charge in [-0.3, -0.25) is 9.78 Å². The summed E-state index contributed by atoms with van der Waals surface area (Å²) in [6.45, 7) is 5.73. The van der Waals surface area contributed by atoms with Crippen LogP contribution in [0.5, 0.6) is 0 Å². The molecular formula is C16H18N2O3. The molecule has 0 saturated carbocycles. The number of pyridine rings is 1. The van der Waals surface area contributed by atoms with E-state index in [1.807, 2.05) is 6.92 Å². The molecule has 0 aliphatic carbocycles. The van der Waals surface area contributed by atoms with Crippen LogP contribution in [-0.2, 0) is 9.53 Å². The van der Waals surface area contributed by atoms with Crippen molar-refractivity contribution in [2.75, 3.05) is 11.9 Å². The van der Waals surface area contributed by atoms with Gasteiger partial charge in [-0.25, -0.2) is 4.79 Å². The van der Waals surface area contributed by atoms with Crippen LogP contribution in [0.4, 0.5) is 5.69 Å². The third-order valence-corrected chi connectivity index (χ3v) is 3.04. The van der Waals surface area contributed by atoms with E-state index in [0.717, 1.165) is 16.6 Å². The SMILES string of the molecule is CCOC(=O)c1ccc2nc(C)cc(NC(=O)CC)c2c1. The van der Waals surface area contributed by atoms with Gasteiger partial charge < -0.3 is 10.1 Å². The van der Waals surface area contributed by atoms with Gasteiger partial charge in [0.05, 0.1) is 23.4 Å². The van der Waals surface area contributed by atoms with Crippen molar-refractivity contribution in [3.05, 3.63) is 35.5 Å². The number of nitrogens with zero attached hydrogens (tertiary/aromatic N) is 1. The molecule has 1 amide bonds. The number of fused-ring (bicyclic) bond motifs is 1. The van der Waals surface area contributed by atoms with E-state index in [4.69, 9.17) is 4.74 Å². The second kappa shape index (κ2) is 6.35. The van der Waals surface area contributed by atoms with Crippen molar-refractivity contribution in [1.82, 2.24) is 4.98 Å². The van der Waals surface area contributed by atoms with Gasteiger partial charge in [-0.15, -0.1) is 0 Å². The lowest BCUT2D eigenvalue weighted by molar-refractivity contribution is -0.115. The maximum atomic E-state index is 11.8. The number of carbonyl (C=O) groups excluding carboxylic acids is 2. The predicted octanol–water partition coefficient (Wildman–Crippen LogP) is 3.07. The molecule has 0 atom stereocenters. The highest BCUT2D eigenvalue weighted by Crippen LogP contribution is 2.25. The van der Waals surface area contributed by atoms with E-state index < -0.39 is 0 Å². The van der Waals surface area contributed by atoms with Gasteiger partial charge in [0.1, 0.15) is 0 Å². The Kier molecular flexibility index (Phi) is 4.52. The number of hydrogen-bond donors (Lipinski definition) is 1. The first kappa shape index (κ1) is 15.0. The van der Waals surface area contributed by atoms with E-state index in [2.05, 4.69) is 10.3 Å². The smallest absolute Gasteiger partial charge is 0.338 e. The van der Waals surface area contributed by atoms with E-state index in [1.54, 1.807) is 38.1 Å². The molecule has 1 heterocycles. The van der Waals surface area contributed by atoms with Crippen LogP contribution in [0.15, 0.2) is 24.3 Å². The Morgan fingerprint density at radius 2 is 2.00 bits per heavy atom. The average Bonchev–Trinajstić information content (AvgIpc) is 2.46. The maximum Gasteiger partial charge on any atom is 0.338 e. The Bertz CT molecular complexity index is 695. The minimum absolute atomic E-state index is 0.0802. The summed E-state index contributed by atoms with van der Waals surface area (Å²) in [5.41, 5.74) is 2.64. The molecule has 0 fully saturated rings. The van der Waals surface area contributed by atoms with Crippen molar-refractivity contribution < 1.29 is 14.3 Å². The maximum absolute atomic E-state index is 11.8. The molecule has 0 aliphatic heterocycles. The Hall–Kier alpha value is -2.43. The second-order valence-electron chi connectivity index (χ2n) is 4.67. The van der Waals surface area contributed by atoms with E-state index in [9.17, 15) is 9.59 Å². The third-order valence-electron chi connectivity index (χ3n) is 3.04. The van der Waals surface area contributed by atoms with Crippen molar-refractivity contribution >= 4 is 28.5 Å². The number of esters is 1. The lowest BCUT2D eigenvalue weighted by Crippen LogP contribution is -2.11. The number of hydrogen-bond acceptors (Lipinski definition) is 4. The summed E-state index contributed by atoms with van der Waals surface area (Å²) in [5, 5.41) is 3.57. The molecule has 0 bridgehead atoms. The summed E-state index contributed by atoms with van der Waals surface area (Å²) < 4.78 is 5.00. The summed E-state index contributed by atoms with van der Waals surface area (Å²) in [6, 6.07) is 6.93. The molecule has 5 nitrogen and oxygen atoms in total. The van der Waals surface area contributed by atoms with Gasteiger partial charge in [0.2, 0.25) is 5.91 Å². The molecule has 0 aliphatic rings. The number of carbonyl (C=O) groups is 2. The molecular weight excluding hydrogens is 268 g/mol. The van der Waals surface area contributed by atoms with Crippen LogP contribution in [0, 0.1) is 6.92 Å². The number of ether oxygens (including phenoxy) is 1. The van der Waals surface area contributed by atoms with Crippen LogP contribution in [-0.4, -0.2) is 23.5 Å². The molecule has 0 unspecified atom stereocenters. The largest absolute Gasteiger partial charge is 0.462 e. The number of nitrogens with one attached hydrogen (secondary N) is 1. The zero-order valence-corrected chi connectivity index (χ0v) is 12.4. The molecule has 1 aromatic carbocycles. The Morgan fingerprint density at radius 3 is 2.67 bits per heavy atom. The topological polar surface area (TPSA) is 68.3 Å². The molecule has 0 radical (unpaired) electrons. The lowest BCUT2D eigenvalue weighted by atomic mass is 10.1.